The maximum absolute atomic E-state index is 13.2. The zero-order valence-corrected chi connectivity index (χ0v) is 15.5. The standard InChI is InChI=1S/C17H17F2N5O4/c1-8-5-10(14(18)19)24-17(20-8)22-15(23-24)16(25)21-9-6-11(26-2)13(28-4)12(7-9)27-3/h5-7,14H,1-4H3,(H,21,25). The highest BCUT2D eigenvalue weighted by Gasteiger charge is 2.21. The van der Waals surface area contributed by atoms with Crippen molar-refractivity contribution in [3.63, 3.8) is 0 Å². The van der Waals surface area contributed by atoms with Crippen LogP contribution in [0.15, 0.2) is 18.2 Å². The van der Waals surface area contributed by atoms with Crippen molar-refractivity contribution in [3.05, 3.63) is 35.4 Å². The molecule has 9 nitrogen and oxygen atoms in total. The Morgan fingerprint density at radius 1 is 1.07 bits per heavy atom. The largest absolute Gasteiger partial charge is 0.493 e. The second kappa shape index (κ2) is 7.62. The number of amides is 1. The number of rotatable bonds is 6. The highest BCUT2D eigenvalue weighted by molar-refractivity contribution is 6.02. The molecule has 0 unspecified atom stereocenters. The summed E-state index contributed by atoms with van der Waals surface area (Å²) >= 11 is 0. The topological polar surface area (TPSA) is 99.9 Å². The van der Waals surface area contributed by atoms with Gasteiger partial charge in [-0.25, -0.2) is 13.8 Å². The summed E-state index contributed by atoms with van der Waals surface area (Å²) < 4.78 is 42.9. The predicted octanol–water partition coefficient (Wildman–Crippen LogP) is 2.65. The Morgan fingerprint density at radius 2 is 1.71 bits per heavy atom. The van der Waals surface area contributed by atoms with Gasteiger partial charge in [0.05, 0.1) is 21.3 Å². The first-order valence-corrected chi connectivity index (χ1v) is 8.01. The number of carbonyl (C=O) groups excluding carboxylic acids is 1. The summed E-state index contributed by atoms with van der Waals surface area (Å²) in [7, 11) is 4.33. The molecule has 0 saturated heterocycles. The van der Waals surface area contributed by atoms with Gasteiger partial charge in [-0.2, -0.15) is 9.50 Å². The number of aromatic nitrogens is 4. The van der Waals surface area contributed by atoms with Crippen LogP contribution in [0.4, 0.5) is 14.5 Å². The molecule has 0 atom stereocenters. The monoisotopic (exact) mass is 393 g/mol. The average molecular weight is 393 g/mol. The molecule has 0 spiro atoms. The first-order valence-electron chi connectivity index (χ1n) is 8.01. The van der Waals surface area contributed by atoms with E-state index >= 15 is 0 Å². The van der Waals surface area contributed by atoms with Crippen LogP contribution >= 0.6 is 0 Å². The fourth-order valence-corrected chi connectivity index (χ4v) is 2.61. The number of halogens is 2. The molecule has 1 aromatic carbocycles. The number of hydrogen-bond donors (Lipinski definition) is 1. The summed E-state index contributed by atoms with van der Waals surface area (Å²) in [6.45, 7) is 1.55. The van der Waals surface area contributed by atoms with E-state index in [0.717, 1.165) is 4.52 Å². The lowest BCUT2D eigenvalue weighted by molar-refractivity contribution is 0.101. The number of carbonyl (C=O) groups is 1. The summed E-state index contributed by atoms with van der Waals surface area (Å²) in [4.78, 5) is 20.5. The minimum absolute atomic E-state index is 0.0923. The van der Waals surface area contributed by atoms with Gasteiger partial charge in [-0.05, 0) is 13.0 Å². The second-order valence-electron chi connectivity index (χ2n) is 5.64. The van der Waals surface area contributed by atoms with Crippen molar-refractivity contribution in [3.8, 4) is 17.2 Å². The molecule has 0 aliphatic heterocycles. The summed E-state index contributed by atoms with van der Waals surface area (Å²) in [6, 6.07) is 4.22. The zero-order valence-electron chi connectivity index (χ0n) is 15.5. The molecule has 2 aromatic heterocycles. The number of alkyl halides is 2. The molecule has 3 rings (SSSR count). The first-order chi connectivity index (χ1) is 13.4. The molecule has 0 aliphatic rings. The molecule has 0 saturated carbocycles. The third-order valence-corrected chi connectivity index (χ3v) is 3.82. The Morgan fingerprint density at radius 3 is 2.25 bits per heavy atom. The van der Waals surface area contributed by atoms with Gasteiger partial charge in [0.1, 0.15) is 5.69 Å². The maximum Gasteiger partial charge on any atom is 0.295 e. The SMILES string of the molecule is COc1cc(NC(=O)c2nc3nc(C)cc(C(F)F)n3n2)cc(OC)c1OC. The number of benzene rings is 1. The zero-order chi connectivity index (χ0) is 20.4. The van der Waals surface area contributed by atoms with Gasteiger partial charge in [0.25, 0.3) is 18.1 Å². The van der Waals surface area contributed by atoms with Crippen molar-refractivity contribution in [1.82, 2.24) is 19.6 Å². The summed E-state index contributed by atoms with van der Waals surface area (Å²) in [5.74, 6) is -0.0957. The average Bonchev–Trinajstić information content (AvgIpc) is 3.10. The Balaban J connectivity index is 1.96. The quantitative estimate of drug-likeness (QED) is 0.687. The second-order valence-corrected chi connectivity index (χ2v) is 5.64. The first kappa shape index (κ1) is 19.3. The van der Waals surface area contributed by atoms with Crippen LogP contribution in [-0.4, -0.2) is 46.8 Å². The fraction of sp³-hybridized carbons (Fsp3) is 0.294. The van der Waals surface area contributed by atoms with Crippen molar-refractivity contribution < 1.29 is 27.8 Å². The van der Waals surface area contributed by atoms with E-state index in [-0.39, 0.29) is 11.6 Å². The third-order valence-electron chi connectivity index (χ3n) is 3.82. The van der Waals surface area contributed by atoms with Gasteiger partial charge < -0.3 is 19.5 Å². The molecule has 1 amide bonds. The number of hydrogen-bond acceptors (Lipinski definition) is 7. The van der Waals surface area contributed by atoms with Crippen molar-refractivity contribution in [2.75, 3.05) is 26.6 Å². The molecule has 0 radical (unpaired) electrons. The minimum Gasteiger partial charge on any atom is -0.493 e. The molecule has 148 valence electrons. The van der Waals surface area contributed by atoms with Gasteiger partial charge in [0, 0.05) is 23.5 Å². The van der Waals surface area contributed by atoms with Crippen molar-refractivity contribution in [2.24, 2.45) is 0 Å². The Labute approximate surface area is 158 Å². The fourth-order valence-electron chi connectivity index (χ4n) is 2.61. The van der Waals surface area contributed by atoms with E-state index in [4.69, 9.17) is 14.2 Å². The highest BCUT2D eigenvalue weighted by atomic mass is 19.3. The lowest BCUT2D eigenvalue weighted by Crippen LogP contribution is -2.14. The van der Waals surface area contributed by atoms with Gasteiger partial charge >= 0.3 is 0 Å². The van der Waals surface area contributed by atoms with Crippen LogP contribution < -0.4 is 19.5 Å². The molecule has 28 heavy (non-hydrogen) atoms. The lowest BCUT2D eigenvalue weighted by atomic mass is 10.2. The molecule has 0 bridgehead atoms. The smallest absolute Gasteiger partial charge is 0.295 e. The molecule has 11 heteroatoms. The Kier molecular flexibility index (Phi) is 5.25. The normalized spacial score (nSPS) is 11.0. The maximum atomic E-state index is 13.2. The van der Waals surface area contributed by atoms with E-state index in [1.165, 1.54) is 39.5 Å². The Hall–Kier alpha value is -3.50. The van der Waals surface area contributed by atoms with Crippen LogP contribution in [0.2, 0.25) is 0 Å². The number of fused-ring (bicyclic) bond motifs is 1. The molecule has 1 N–H and O–H groups in total. The summed E-state index contributed by atoms with van der Waals surface area (Å²) in [6.07, 6.45) is -2.79. The van der Waals surface area contributed by atoms with Gasteiger partial charge in [-0.3, -0.25) is 4.79 Å². The van der Waals surface area contributed by atoms with Gasteiger partial charge in [-0.1, -0.05) is 0 Å². The van der Waals surface area contributed by atoms with Crippen molar-refractivity contribution in [1.29, 1.82) is 0 Å². The van der Waals surface area contributed by atoms with Crippen LogP contribution in [-0.2, 0) is 0 Å². The summed E-state index contributed by atoms with van der Waals surface area (Å²) in [5, 5.41) is 6.43. The number of ether oxygens (including phenoxy) is 3. The van der Waals surface area contributed by atoms with Gasteiger partial charge in [0.2, 0.25) is 11.6 Å². The summed E-state index contributed by atoms with van der Waals surface area (Å²) in [5.41, 5.74) is 0.255. The number of aryl methyl sites for hydroxylation is 1. The molecule has 3 aromatic rings. The van der Waals surface area contributed by atoms with Crippen molar-refractivity contribution in [2.45, 2.75) is 13.3 Å². The Bertz CT molecular complexity index is 1010. The number of methoxy groups -OCH3 is 3. The van der Waals surface area contributed by atoms with Crippen LogP contribution in [0.5, 0.6) is 17.2 Å². The third kappa shape index (κ3) is 3.50. The van der Waals surface area contributed by atoms with Crippen LogP contribution in [0.25, 0.3) is 5.78 Å². The number of nitrogens with one attached hydrogen (secondary N) is 1. The van der Waals surface area contributed by atoms with E-state index in [0.29, 0.717) is 28.6 Å². The van der Waals surface area contributed by atoms with E-state index in [1.54, 1.807) is 6.92 Å². The highest BCUT2D eigenvalue weighted by Crippen LogP contribution is 2.40. The van der Waals surface area contributed by atoms with E-state index in [2.05, 4.69) is 20.4 Å². The van der Waals surface area contributed by atoms with Gasteiger partial charge in [-0.15, -0.1) is 5.10 Å². The van der Waals surface area contributed by atoms with Crippen LogP contribution in [0, 0.1) is 6.92 Å². The molecule has 2 heterocycles. The molecular weight excluding hydrogens is 376 g/mol. The number of nitrogens with zero attached hydrogens (tertiary/aromatic N) is 4. The van der Waals surface area contributed by atoms with E-state index < -0.39 is 18.0 Å². The predicted molar refractivity (Wildman–Crippen MR) is 94.5 cm³/mol. The van der Waals surface area contributed by atoms with Crippen LogP contribution in [0.1, 0.15) is 28.4 Å². The lowest BCUT2D eigenvalue weighted by Gasteiger charge is -2.14. The molecule has 0 aliphatic carbocycles. The molecule has 0 fully saturated rings. The van der Waals surface area contributed by atoms with Crippen LogP contribution in [0.3, 0.4) is 0 Å². The van der Waals surface area contributed by atoms with Crippen molar-refractivity contribution >= 4 is 17.4 Å². The molecular formula is C17H17F2N5O4. The van der Waals surface area contributed by atoms with Gasteiger partial charge in [0.15, 0.2) is 11.5 Å². The minimum atomic E-state index is -2.79. The number of anilines is 1. The van der Waals surface area contributed by atoms with E-state index in [9.17, 15) is 13.6 Å². The van der Waals surface area contributed by atoms with E-state index in [1.807, 2.05) is 0 Å².